The minimum atomic E-state index is -0.792. The van der Waals surface area contributed by atoms with Crippen LogP contribution in [0.5, 0.6) is 0 Å². The SMILES string of the molecule is CC1c2ccccc2C(c2ccc(F)c(F)c2)CN1C. The van der Waals surface area contributed by atoms with Crippen molar-refractivity contribution in [2.45, 2.75) is 18.9 Å². The fraction of sp³-hybridized carbons (Fsp3) is 0.294. The van der Waals surface area contributed by atoms with Crippen LogP contribution >= 0.6 is 0 Å². The van der Waals surface area contributed by atoms with Gasteiger partial charge in [-0.15, -0.1) is 0 Å². The smallest absolute Gasteiger partial charge is 0.159 e. The first-order chi connectivity index (χ1) is 9.58. The molecule has 0 radical (unpaired) electrons. The Kier molecular flexibility index (Phi) is 3.30. The lowest BCUT2D eigenvalue weighted by molar-refractivity contribution is 0.234. The molecule has 0 fully saturated rings. The summed E-state index contributed by atoms with van der Waals surface area (Å²) < 4.78 is 26.6. The van der Waals surface area contributed by atoms with E-state index in [9.17, 15) is 8.78 Å². The second-order valence-electron chi connectivity index (χ2n) is 5.47. The van der Waals surface area contributed by atoms with Crippen LogP contribution in [0.25, 0.3) is 0 Å². The third kappa shape index (κ3) is 2.12. The van der Waals surface area contributed by atoms with Crippen LogP contribution in [0.1, 0.15) is 35.6 Å². The van der Waals surface area contributed by atoms with Crippen LogP contribution in [0.15, 0.2) is 42.5 Å². The van der Waals surface area contributed by atoms with E-state index in [0.29, 0.717) is 6.04 Å². The molecule has 2 aromatic rings. The topological polar surface area (TPSA) is 3.24 Å². The molecule has 0 spiro atoms. The fourth-order valence-electron chi connectivity index (χ4n) is 3.00. The quantitative estimate of drug-likeness (QED) is 0.756. The van der Waals surface area contributed by atoms with Gasteiger partial charge in [-0.3, -0.25) is 4.90 Å². The van der Waals surface area contributed by atoms with Crippen LogP contribution in [0.2, 0.25) is 0 Å². The van der Waals surface area contributed by atoms with Gasteiger partial charge in [-0.25, -0.2) is 8.78 Å². The highest BCUT2D eigenvalue weighted by Crippen LogP contribution is 2.38. The molecule has 1 aliphatic heterocycles. The molecule has 2 aromatic carbocycles. The first kappa shape index (κ1) is 13.3. The van der Waals surface area contributed by atoms with Crippen LogP contribution in [-0.2, 0) is 0 Å². The van der Waals surface area contributed by atoms with Crippen LogP contribution < -0.4 is 0 Å². The Bertz CT molecular complexity index is 639. The van der Waals surface area contributed by atoms with E-state index in [4.69, 9.17) is 0 Å². The summed E-state index contributed by atoms with van der Waals surface area (Å²) in [5, 5.41) is 0. The average molecular weight is 273 g/mol. The summed E-state index contributed by atoms with van der Waals surface area (Å²) in [7, 11) is 2.06. The fourth-order valence-corrected chi connectivity index (χ4v) is 3.00. The molecular formula is C17H17F2N. The number of likely N-dealkylation sites (N-methyl/N-ethyl adjacent to an activating group) is 1. The Balaban J connectivity index is 2.10. The Morgan fingerprint density at radius 2 is 1.70 bits per heavy atom. The number of nitrogens with zero attached hydrogens (tertiary/aromatic N) is 1. The summed E-state index contributed by atoms with van der Waals surface area (Å²) in [6, 6.07) is 12.8. The van der Waals surface area contributed by atoms with Crippen molar-refractivity contribution in [3.05, 3.63) is 70.8 Å². The zero-order valence-corrected chi connectivity index (χ0v) is 11.6. The van der Waals surface area contributed by atoms with Gasteiger partial charge in [0, 0.05) is 18.5 Å². The van der Waals surface area contributed by atoms with Crippen LogP contribution in [-0.4, -0.2) is 18.5 Å². The van der Waals surface area contributed by atoms with E-state index >= 15 is 0 Å². The number of rotatable bonds is 1. The standard InChI is InChI=1S/C17H17F2N/c1-11-13-5-3-4-6-14(13)15(10-20(11)2)12-7-8-16(18)17(19)9-12/h3-9,11,15H,10H2,1-2H3. The van der Waals surface area contributed by atoms with Gasteiger partial charge < -0.3 is 0 Å². The highest BCUT2D eigenvalue weighted by molar-refractivity contribution is 5.42. The highest BCUT2D eigenvalue weighted by Gasteiger charge is 2.29. The Morgan fingerprint density at radius 3 is 2.40 bits per heavy atom. The molecule has 3 heteroatoms. The number of benzene rings is 2. The zero-order valence-electron chi connectivity index (χ0n) is 11.6. The van der Waals surface area contributed by atoms with Gasteiger partial charge in [0.15, 0.2) is 11.6 Å². The van der Waals surface area contributed by atoms with E-state index in [-0.39, 0.29) is 5.92 Å². The average Bonchev–Trinajstić information content (AvgIpc) is 2.46. The maximum atomic E-state index is 13.5. The Morgan fingerprint density at radius 1 is 1.00 bits per heavy atom. The third-order valence-electron chi connectivity index (χ3n) is 4.30. The summed E-state index contributed by atoms with van der Waals surface area (Å²) >= 11 is 0. The van der Waals surface area contributed by atoms with E-state index in [1.54, 1.807) is 6.07 Å². The zero-order chi connectivity index (χ0) is 14.3. The van der Waals surface area contributed by atoms with E-state index in [1.165, 1.54) is 23.3 Å². The minimum Gasteiger partial charge on any atom is -0.299 e. The van der Waals surface area contributed by atoms with Crippen molar-refractivity contribution < 1.29 is 8.78 Å². The van der Waals surface area contributed by atoms with Crippen LogP contribution in [0.3, 0.4) is 0 Å². The van der Waals surface area contributed by atoms with Crippen molar-refractivity contribution in [1.29, 1.82) is 0 Å². The molecule has 1 aliphatic rings. The lowest BCUT2D eigenvalue weighted by Gasteiger charge is -2.37. The second kappa shape index (κ2) is 4.98. The first-order valence-electron chi connectivity index (χ1n) is 6.82. The van der Waals surface area contributed by atoms with Gasteiger partial charge >= 0.3 is 0 Å². The number of fused-ring (bicyclic) bond motifs is 1. The largest absolute Gasteiger partial charge is 0.299 e. The van der Waals surface area contributed by atoms with Gasteiger partial charge in [0.2, 0.25) is 0 Å². The van der Waals surface area contributed by atoms with E-state index in [2.05, 4.69) is 31.0 Å². The molecule has 2 atom stereocenters. The summed E-state index contributed by atoms with van der Waals surface area (Å²) in [6.07, 6.45) is 0. The molecular weight excluding hydrogens is 256 g/mol. The molecule has 0 N–H and O–H groups in total. The van der Waals surface area contributed by atoms with E-state index in [1.807, 2.05) is 12.1 Å². The molecule has 1 heterocycles. The van der Waals surface area contributed by atoms with Crippen molar-refractivity contribution in [2.75, 3.05) is 13.6 Å². The molecule has 20 heavy (non-hydrogen) atoms. The predicted molar refractivity (Wildman–Crippen MR) is 75.7 cm³/mol. The normalized spacial score (nSPS) is 22.6. The predicted octanol–water partition coefficient (Wildman–Crippen LogP) is 4.10. The second-order valence-corrected chi connectivity index (χ2v) is 5.47. The molecule has 0 aliphatic carbocycles. The first-order valence-corrected chi connectivity index (χ1v) is 6.82. The van der Waals surface area contributed by atoms with Gasteiger partial charge in [-0.05, 0) is 42.8 Å². The summed E-state index contributed by atoms with van der Waals surface area (Å²) in [6.45, 7) is 2.98. The highest BCUT2D eigenvalue weighted by atomic mass is 19.2. The van der Waals surface area contributed by atoms with Crippen molar-refractivity contribution >= 4 is 0 Å². The molecule has 0 bridgehead atoms. The monoisotopic (exact) mass is 273 g/mol. The summed E-state index contributed by atoms with van der Waals surface area (Å²) in [5.41, 5.74) is 3.30. The lowest BCUT2D eigenvalue weighted by atomic mass is 9.82. The number of hydrogen-bond donors (Lipinski definition) is 0. The molecule has 0 saturated carbocycles. The van der Waals surface area contributed by atoms with Gasteiger partial charge in [0.05, 0.1) is 0 Å². The summed E-state index contributed by atoms with van der Waals surface area (Å²) in [5.74, 6) is -1.48. The molecule has 0 saturated heterocycles. The Hall–Kier alpha value is -1.74. The van der Waals surface area contributed by atoms with Crippen molar-refractivity contribution in [3.8, 4) is 0 Å². The maximum absolute atomic E-state index is 13.5. The Labute approximate surface area is 117 Å². The molecule has 104 valence electrons. The summed E-state index contributed by atoms with van der Waals surface area (Å²) in [4.78, 5) is 2.24. The van der Waals surface area contributed by atoms with Crippen LogP contribution in [0.4, 0.5) is 8.78 Å². The molecule has 0 aromatic heterocycles. The van der Waals surface area contributed by atoms with Gasteiger partial charge in [-0.1, -0.05) is 30.3 Å². The molecule has 3 rings (SSSR count). The molecule has 1 nitrogen and oxygen atoms in total. The molecule has 0 amide bonds. The maximum Gasteiger partial charge on any atom is 0.159 e. The van der Waals surface area contributed by atoms with E-state index in [0.717, 1.165) is 12.1 Å². The van der Waals surface area contributed by atoms with Gasteiger partial charge in [0.1, 0.15) is 0 Å². The van der Waals surface area contributed by atoms with E-state index < -0.39 is 11.6 Å². The van der Waals surface area contributed by atoms with Crippen molar-refractivity contribution in [1.82, 2.24) is 4.90 Å². The van der Waals surface area contributed by atoms with Crippen LogP contribution in [0, 0.1) is 11.6 Å². The van der Waals surface area contributed by atoms with Crippen molar-refractivity contribution in [3.63, 3.8) is 0 Å². The third-order valence-corrected chi connectivity index (χ3v) is 4.30. The lowest BCUT2D eigenvalue weighted by Crippen LogP contribution is -2.34. The van der Waals surface area contributed by atoms with Gasteiger partial charge in [0.25, 0.3) is 0 Å². The number of hydrogen-bond acceptors (Lipinski definition) is 1. The molecule has 2 unspecified atom stereocenters. The number of halogens is 2. The minimum absolute atomic E-state index is 0.0856. The van der Waals surface area contributed by atoms with Crippen molar-refractivity contribution in [2.24, 2.45) is 0 Å². The van der Waals surface area contributed by atoms with Gasteiger partial charge in [-0.2, -0.15) is 0 Å².